The van der Waals surface area contributed by atoms with Crippen LogP contribution in [0.5, 0.6) is 0 Å². The predicted octanol–water partition coefficient (Wildman–Crippen LogP) is 8.89. The molecule has 186 valence electrons. The van der Waals surface area contributed by atoms with Gasteiger partial charge in [-0.1, -0.05) is 56.6 Å². The van der Waals surface area contributed by atoms with Crippen LogP contribution in [0.1, 0.15) is 112 Å². The Labute approximate surface area is 205 Å². The third kappa shape index (κ3) is 4.34. The molecule has 1 N–H and O–H groups in total. The van der Waals surface area contributed by atoms with Gasteiger partial charge in [0.25, 0.3) is 0 Å². The van der Waals surface area contributed by atoms with Crippen molar-refractivity contribution in [2.24, 2.45) is 46.3 Å². The summed E-state index contributed by atoms with van der Waals surface area (Å²) >= 11 is 0. The molecule has 4 aliphatic carbocycles. The van der Waals surface area contributed by atoms with Gasteiger partial charge in [0.1, 0.15) is 0 Å². The van der Waals surface area contributed by atoms with Crippen molar-refractivity contribution >= 4 is 0 Å². The minimum absolute atomic E-state index is 0.0953. The molecule has 0 aromatic carbocycles. The Hall–Kier alpha value is -0.820. The third-order valence-electron chi connectivity index (χ3n) is 11.8. The molecule has 0 aromatic heterocycles. The summed E-state index contributed by atoms with van der Waals surface area (Å²) in [6.07, 6.45) is 18.4. The van der Waals surface area contributed by atoms with Crippen LogP contribution in [0.15, 0.2) is 35.5 Å². The number of hydrogen-bond donors (Lipinski definition) is 1. The van der Waals surface area contributed by atoms with Crippen LogP contribution in [0.2, 0.25) is 0 Å². The van der Waals surface area contributed by atoms with E-state index in [4.69, 9.17) is 0 Å². The molecule has 0 saturated heterocycles. The van der Waals surface area contributed by atoms with Gasteiger partial charge in [-0.3, -0.25) is 0 Å². The highest BCUT2D eigenvalue weighted by atomic mass is 16.3. The minimum Gasteiger partial charge on any atom is -0.393 e. The summed E-state index contributed by atoms with van der Waals surface area (Å²) in [7, 11) is 0. The van der Waals surface area contributed by atoms with Gasteiger partial charge in [-0.2, -0.15) is 0 Å². The SMILES string of the molecule is C=CCC(C/C(C)=C(\C)CC)[C@@H](C)C1CCC2C3CC=C4CC(O)CCC4(C)C3CCC21C. The van der Waals surface area contributed by atoms with Crippen LogP contribution in [-0.2, 0) is 0 Å². The van der Waals surface area contributed by atoms with Crippen molar-refractivity contribution in [1.82, 2.24) is 0 Å². The van der Waals surface area contributed by atoms with E-state index in [2.05, 4.69) is 60.3 Å². The van der Waals surface area contributed by atoms with E-state index in [9.17, 15) is 5.11 Å². The van der Waals surface area contributed by atoms with Gasteiger partial charge in [-0.25, -0.2) is 0 Å². The van der Waals surface area contributed by atoms with Gasteiger partial charge in [0.15, 0.2) is 0 Å². The fraction of sp³-hybridized carbons (Fsp3) is 0.812. The molecular weight excluding hydrogens is 400 g/mol. The molecule has 3 fully saturated rings. The van der Waals surface area contributed by atoms with Crippen LogP contribution < -0.4 is 0 Å². The maximum atomic E-state index is 10.3. The maximum Gasteiger partial charge on any atom is 0.0577 e. The Bertz CT molecular complexity index is 788. The molecule has 8 unspecified atom stereocenters. The lowest BCUT2D eigenvalue weighted by Crippen LogP contribution is -2.51. The number of aliphatic hydroxyl groups excluding tert-OH is 1. The average Bonchev–Trinajstić information content (AvgIpc) is 3.15. The summed E-state index contributed by atoms with van der Waals surface area (Å²) in [6.45, 7) is 19.0. The first-order chi connectivity index (χ1) is 15.7. The van der Waals surface area contributed by atoms with Gasteiger partial charge >= 0.3 is 0 Å². The number of fused-ring (bicyclic) bond motifs is 5. The number of allylic oxidation sites excluding steroid dienone is 4. The lowest BCUT2D eigenvalue weighted by atomic mass is 9.46. The molecule has 0 amide bonds. The van der Waals surface area contributed by atoms with Crippen LogP contribution in [0.3, 0.4) is 0 Å². The standard InChI is InChI=1S/C32H52O/c1-8-10-24(19-22(4)21(3)9-2)23(5)28-13-14-29-27-12-11-25-20-26(33)15-17-31(25,6)30(27)16-18-32(28,29)7/h8,11,23-24,26-30,33H,1,9-10,12-20H2,2-7H3/b22-21+/t23-,24?,26?,27?,28?,29?,30?,31?,32?/m1/s1. The average molecular weight is 453 g/mol. The van der Waals surface area contributed by atoms with Crippen molar-refractivity contribution in [3.8, 4) is 0 Å². The lowest BCUT2D eigenvalue weighted by molar-refractivity contribution is -0.0606. The van der Waals surface area contributed by atoms with E-state index in [-0.39, 0.29) is 6.10 Å². The van der Waals surface area contributed by atoms with Gasteiger partial charge in [-0.05, 0) is 131 Å². The number of hydrogen-bond acceptors (Lipinski definition) is 1. The van der Waals surface area contributed by atoms with Crippen molar-refractivity contribution in [3.63, 3.8) is 0 Å². The van der Waals surface area contributed by atoms with Gasteiger partial charge < -0.3 is 5.11 Å². The molecule has 0 aromatic rings. The smallest absolute Gasteiger partial charge is 0.0577 e. The first kappa shape index (κ1) is 25.3. The minimum atomic E-state index is -0.0953. The fourth-order valence-electron chi connectivity index (χ4n) is 9.44. The summed E-state index contributed by atoms with van der Waals surface area (Å²) in [4.78, 5) is 0. The monoisotopic (exact) mass is 452 g/mol. The van der Waals surface area contributed by atoms with Crippen LogP contribution in [-0.4, -0.2) is 11.2 Å². The van der Waals surface area contributed by atoms with E-state index in [1.54, 1.807) is 16.7 Å². The highest BCUT2D eigenvalue weighted by molar-refractivity contribution is 5.25. The third-order valence-corrected chi connectivity index (χ3v) is 11.8. The Morgan fingerprint density at radius 1 is 1.12 bits per heavy atom. The quantitative estimate of drug-likeness (QED) is 0.382. The Balaban J connectivity index is 1.55. The van der Waals surface area contributed by atoms with Crippen molar-refractivity contribution in [1.29, 1.82) is 0 Å². The zero-order chi connectivity index (χ0) is 24.0. The predicted molar refractivity (Wildman–Crippen MR) is 142 cm³/mol. The summed E-state index contributed by atoms with van der Waals surface area (Å²) < 4.78 is 0. The fourth-order valence-corrected chi connectivity index (χ4v) is 9.44. The molecule has 3 saturated carbocycles. The second kappa shape index (κ2) is 9.67. The van der Waals surface area contributed by atoms with E-state index in [0.29, 0.717) is 10.8 Å². The summed E-state index contributed by atoms with van der Waals surface area (Å²) in [5.74, 6) is 4.96. The van der Waals surface area contributed by atoms with Gasteiger partial charge in [0.2, 0.25) is 0 Å². The van der Waals surface area contributed by atoms with E-state index >= 15 is 0 Å². The Morgan fingerprint density at radius 3 is 2.58 bits per heavy atom. The van der Waals surface area contributed by atoms with Gasteiger partial charge in [-0.15, -0.1) is 6.58 Å². The van der Waals surface area contributed by atoms with Gasteiger partial charge in [0.05, 0.1) is 6.10 Å². The normalized spacial score (nSPS) is 42.9. The van der Waals surface area contributed by atoms with Gasteiger partial charge in [0, 0.05) is 0 Å². The molecular formula is C32H52O. The molecule has 0 bridgehead atoms. The number of aliphatic hydroxyl groups is 1. The molecule has 9 atom stereocenters. The zero-order valence-electron chi connectivity index (χ0n) is 22.6. The molecule has 0 heterocycles. The summed E-state index contributed by atoms with van der Waals surface area (Å²) in [5, 5.41) is 10.3. The van der Waals surface area contributed by atoms with Crippen molar-refractivity contribution in [3.05, 3.63) is 35.5 Å². The largest absolute Gasteiger partial charge is 0.393 e. The van der Waals surface area contributed by atoms with E-state index in [0.717, 1.165) is 54.8 Å². The van der Waals surface area contributed by atoms with Crippen molar-refractivity contribution in [2.45, 2.75) is 118 Å². The summed E-state index contributed by atoms with van der Waals surface area (Å²) in [6, 6.07) is 0. The number of rotatable bonds is 7. The Kier molecular flexibility index (Phi) is 7.41. The highest BCUT2D eigenvalue weighted by Crippen LogP contribution is 2.67. The van der Waals surface area contributed by atoms with Crippen molar-refractivity contribution in [2.75, 3.05) is 0 Å². The van der Waals surface area contributed by atoms with E-state index in [1.807, 2.05) is 0 Å². The van der Waals surface area contributed by atoms with Crippen molar-refractivity contribution < 1.29 is 5.11 Å². The van der Waals surface area contributed by atoms with Crippen LogP contribution in [0.25, 0.3) is 0 Å². The molecule has 1 heteroatoms. The van der Waals surface area contributed by atoms with Crippen LogP contribution in [0, 0.1) is 46.3 Å². The Morgan fingerprint density at radius 2 is 1.88 bits per heavy atom. The second-order valence-electron chi connectivity index (χ2n) is 13.1. The topological polar surface area (TPSA) is 20.2 Å². The molecule has 0 aliphatic heterocycles. The molecule has 0 spiro atoms. The first-order valence-corrected chi connectivity index (χ1v) is 14.3. The maximum absolute atomic E-state index is 10.3. The molecule has 4 rings (SSSR count). The van der Waals surface area contributed by atoms with Crippen LogP contribution in [0.4, 0.5) is 0 Å². The van der Waals surface area contributed by atoms with E-state index < -0.39 is 0 Å². The summed E-state index contributed by atoms with van der Waals surface area (Å²) in [5.41, 5.74) is 5.68. The van der Waals surface area contributed by atoms with Crippen LogP contribution >= 0.6 is 0 Å². The first-order valence-electron chi connectivity index (χ1n) is 14.3. The lowest BCUT2D eigenvalue weighted by Gasteiger charge is -2.58. The van der Waals surface area contributed by atoms with E-state index in [1.165, 1.54) is 51.4 Å². The molecule has 0 radical (unpaired) electrons. The second-order valence-corrected chi connectivity index (χ2v) is 13.1. The molecule has 33 heavy (non-hydrogen) atoms. The highest BCUT2D eigenvalue weighted by Gasteiger charge is 2.59. The molecule has 4 aliphatic rings. The zero-order valence-corrected chi connectivity index (χ0v) is 22.6. The molecule has 1 nitrogen and oxygen atoms in total.